The third kappa shape index (κ3) is 9.20. The summed E-state index contributed by atoms with van der Waals surface area (Å²) in [4.78, 5) is 42.5. The van der Waals surface area contributed by atoms with Gasteiger partial charge in [0, 0.05) is 27.7 Å². The third-order valence-electron chi connectivity index (χ3n) is 5.47. The smallest absolute Gasteiger partial charge is 0.410 e. The maximum atomic E-state index is 12.1. The molecule has 0 radical (unpaired) electrons. The van der Waals surface area contributed by atoms with Crippen LogP contribution in [0.25, 0.3) is 6.08 Å². The van der Waals surface area contributed by atoms with Gasteiger partial charge in [0.25, 0.3) is 0 Å². The summed E-state index contributed by atoms with van der Waals surface area (Å²) in [5, 5.41) is 0. The zero-order chi connectivity index (χ0) is 28.3. The monoisotopic (exact) mass is 688 g/mol. The summed E-state index contributed by atoms with van der Waals surface area (Å²) in [6.45, 7) is 13.8. The predicted molar refractivity (Wildman–Crippen MR) is 161 cm³/mol. The second-order valence-corrected chi connectivity index (χ2v) is 16.2. The largest absolute Gasteiger partial charge is 0.444 e. The van der Waals surface area contributed by atoms with Gasteiger partial charge in [0.2, 0.25) is 0 Å². The number of hydrogen-bond donors (Lipinski definition) is 0. The SMILES string of the molecule is CC(C)(C)OC(=O)N1CCc2cc(C=C(Br)Br)sc2C1.CC(C)(C)OC(=O)N1CCc2cc(C=O)sc2C1. The summed E-state index contributed by atoms with van der Waals surface area (Å²) in [5.41, 5.74) is 1.60. The van der Waals surface area contributed by atoms with Crippen molar-refractivity contribution in [2.24, 2.45) is 0 Å². The van der Waals surface area contributed by atoms with Gasteiger partial charge in [-0.05, 0) is 116 Å². The average Bonchev–Trinajstić information content (AvgIpc) is 3.38. The van der Waals surface area contributed by atoms with Gasteiger partial charge in [-0.2, -0.15) is 0 Å². The Hall–Kier alpha value is -1.69. The third-order valence-corrected chi connectivity index (χ3v) is 8.13. The van der Waals surface area contributed by atoms with E-state index in [1.165, 1.54) is 32.2 Å². The first kappa shape index (κ1) is 30.8. The Morgan fingerprint density at radius 3 is 1.63 bits per heavy atom. The number of fused-ring (bicyclic) bond motifs is 2. The van der Waals surface area contributed by atoms with E-state index in [2.05, 4.69) is 37.9 Å². The van der Waals surface area contributed by atoms with Crippen molar-refractivity contribution in [1.29, 1.82) is 0 Å². The number of halogens is 2. The Balaban J connectivity index is 0.000000212. The molecule has 208 valence electrons. The quantitative estimate of drug-likeness (QED) is 0.299. The highest BCUT2D eigenvalue weighted by Gasteiger charge is 2.28. The van der Waals surface area contributed by atoms with Crippen molar-refractivity contribution in [3.63, 3.8) is 0 Å². The molecule has 0 N–H and O–H groups in total. The lowest BCUT2D eigenvalue weighted by atomic mass is 10.1. The summed E-state index contributed by atoms with van der Waals surface area (Å²) in [5.74, 6) is 0. The van der Waals surface area contributed by atoms with Gasteiger partial charge < -0.3 is 19.3 Å². The first-order valence-corrected chi connectivity index (χ1v) is 15.5. The van der Waals surface area contributed by atoms with E-state index in [1.54, 1.807) is 21.1 Å². The summed E-state index contributed by atoms with van der Waals surface area (Å²) >= 11 is 9.92. The van der Waals surface area contributed by atoms with Gasteiger partial charge in [-0.15, -0.1) is 22.7 Å². The summed E-state index contributed by atoms with van der Waals surface area (Å²) < 4.78 is 11.7. The van der Waals surface area contributed by atoms with E-state index < -0.39 is 11.2 Å². The van der Waals surface area contributed by atoms with E-state index in [0.717, 1.165) is 38.8 Å². The molecular formula is C27H34Br2N2O5S2. The zero-order valence-electron chi connectivity index (χ0n) is 22.6. The second kappa shape index (κ2) is 12.7. The van der Waals surface area contributed by atoms with Crippen LogP contribution < -0.4 is 0 Å². The van der Waals surface area contributed by atoms with Crippen molar-refractivity contribution in [2.75, 3.05) is 13.1 Å². The highest BCUT2D eigenvalue weighted by molar-refractivity contribution is 9.28. The fourth-order valence-electron chi connectivity index (χ4n) is 3.89. The van der Waals surface area contributed by atoms with Crippen LogP contribution in [0.5, 0.6) is 0 Å². The van der Waals surface area contributed by atoms with Gasteiger partial charge in [-0.3, -0.25) is 4.79 Å². The fraction of sp³-hybridized carbons (Fsp3) is 0.519. The van der Waals surface area contributed by atoms with E-state index in [4.69, 9.17) is 9.47 Å². The van der Waals surface area contributed by atoms with Crippen LogP contribution in [0.2, 0.25) is 0 Å². The molecule has 4 rings (SSSR count). The molecule has 0 saturated heterocycles. The molecule has 2 aromatic rings. The molecule has 0 saturated carbocycles. The van der Waals surface area contributed by atoms with Crippen molar-refractivity contribution >= 4 is 79.1 Å². The summed E-state index contributed by atoms with van der Waals surface area (Å²) in [7, 11) is 0. The minimum Gasteiger partial charge on any atom is -0.444 e. The van der Waals surface area contributed by atoms with Crippen molar-refractivity contribution in [3.8, 4) is 0 Å². The molecule has 4 heterocycles. The maximum Gasteiger partial charge on any atom is 0.410 e. The van der Waals surface area contributed by atoms with E-state index in [1.807, 2.05) is 53.7 Å². The van der Waals surface area contributed by atoms with Crippen LogP contribution in [0.15, 0.2) is 15.5 Å². The Morgan fingerprint density at radius 2 is 1.24 bits per heavy atom. The number of aldehydes is 1. The topological polar surface area (TPSA) is 76.2 Å². The lowest BCUT2D eigenvalue weighted by Gasteiger charge is -2.29. The van der Waals surface area contributed by atoms with Crippen molar-refractivity contribution in [3.05, 3.63) is 46.2 Å². The van der Waals surface area contributed by atoms with Crippen LogP contribution in [0.1, 0.15) is 77.0 Å². The first-order valence-electron chi connectivity index (χ1n) is 12.3. The van der Waals surface area contributed by atoms with E-state index >= 15 is 0 Å². The Kier molecular flexibility index (Phi) is 10.3. The normalized spacial score (nSPS) is 14.9. The van der Waals surface area contributed by atoms with Crippen LogP contribution >= 0.6 is 54.5 Å². The number of nitrogens with zero attached hydrogens (tertiary/aromatic N) is 2. The second-order valence-electron chi connectivity index (χ2n) is 11.0. The molecule has 0 unspecified atom stereocenters. The van der Waals surface area contributed by atoms with Crippen molar-refractivity contribution < 1.29 is 23.9 Å². The standard InChI is InChI=1S/C14H17Br2NO2S.C13H17NO3S/c1-14(2,3)19-13(18)17-5-4-9-6-10(7-12(15)16)20-11(9)8-17;1-13(2,3)17-12(16)14-5-4-9-6-10(8-15)18-11(9)7-14/h6-7H,4-5,8H2,1-3H3;6,8H,4-5,7H2,1-3H3. The first-order chi connectivity index (χ1) is 17.6. The molecular weight excluding hydrogens is 656 g/mol. The number of hydrogen-bond acceptors (Lipinski definition) is 7. The number of carbonyl (C=O) groups excluding carboxylic acids is 3. The highest BCUT2D eigenvalue weighted by atomic mass is 79.9. The van der Waals surface area contributed by atoms with Crippen LogP contribution in [0.4, 0.5) is 9.59 Å². The minimum absolute atomic E-state index is 0.227. The number of rotatable bonds is 2. The highest BCUT2D eigenvalue weighted by Crippen LogP contribution is 2.32. The molecule has 0 aromatic carbocycles. The number of ether oxygens (including phenoxy) is 2. The molecule has 2 aliphatic rings. The molecule has 7 nitrogen and oxygen atoms in total. The molecule has 2 amide bonds. The van der Waals surface area contributed by atoms with Gasteiger partial charge in [0.05, 0.1) is 21.4 Å². The van der Waals surface area contributed by atoms with Gasteiger partial charge in [0.15, 0.2) is 6.29 Å². The van der Waals surface area contributed by atoms with E-state index in [0.29, 0.717) is 19.6 Å². The average molecular weight is 691 g/mol. The number of carbonyl (C=O) groups is 3. The lowest BCUT2D eigenvalue weighted by molar-refractivity contribution is 0.0216. The lowest BCUT2D eigenvalue weighted by Crippen LogP contribution is -2.39. The summed E-state index contributed by atoms with van der Waals surface area (Å²) in [6.07, 6.45) is 4.06. The summed E-state index contributed by atoms with van der Waals surface area (Å²) in [6, 6.07) is 4.11. The molecule has 0 fully saturated rings. The molecule has 38 heavy (non-hydrogen) atoms. The zero-order valence-corrected chi connectivity index (χ0v) is 27.4. The van der Waals surface area contributed by atoms with Gasteiger partial charge in [-0.25, -0.2) is 9.59 Å². The van der Waals surface area contributed by atoms with Crippen LogP contribution in [0.3, 0.4) is 0 Å². The van der Waals surface area contributed by atoms with Crippen LogP contribution in [-0.4, -0.2) is 52.6 Å². The maximum absolute atomic E-state index is 12.1. The van der Waals surface area contributed by atoms with Crippen LogP contribution in [0, 0.1) is 0 Å². The predicted octanol–water partition coefficient (Wildman–Crippen LogP) is 7.98. The molecule has 2 aliphatic heterocycles. The molecule has 0 spiro atoms. The molecule has 0 atom stereocenters. The Bertz CT molecular complexity index is 1200. The van der Waals surface area contributed by atoms with Gasteiger partial charge in [0.1, 0.15) is 11.2 Å². The number of amides is 2. The van der Waals surface area contributed by atoms with Crippen molar-refractivity contribution in [2.45, 2.75) is 78.7 Å². The molecule has 11 heteroatoms. The Morgan fingerprint density at radius 1 is 0.816 bits per heavy atom. The van der Waals surface area contributed by atoms with E-state index in [-0.39, 0.29) is 12.2 Å². The molecule has 0 aliphatic carbocycles. The minimum atomic E-state index is -0.471. The van der Waals surface area contributed by atoms with Crippen LogP contribution in [-0.2, 0) is 35.4 Å². The van der Waals surface area contributed by atoms with Crippen molar-refractivity contribution in [1.82, 2.24) is 9.80 Å². The van der Waals surface area contributed by atoms with Gasteiger partial charge in [-0.1, -0.05) is 0 Å². The molecule has 0 bridgehead atoms. The number of thiophene rings is 2. The van der Waals surface area contributed by atoms with E-state index in [9.17, 15) is 14.4 Å². The van der Waals surface area contributed by atoms with Gasteiger partial charge >= 0.3 is 12.2 Å². The molecule has 2 aromatic heterocycles. The fourth-order valence-corrected chi connectivity index (χ4v) is 6.90. The Labute approximate surface area is 249 Å².